The van der Waals surface area contributed by atoms with Crippen molar-refractivity contribution in [2.24, 2.45) is 0 Å². The summed E-state index contributed by atoms with van der Waals surface area (Å²) >= 11 is 15.1. The van der Waals surface area contributed by atoms with Crippen LogP contribution in [0.15, 0.2) is 27.6 Å². The van der Waals surface area contributed by atoms with E-state index in [9.17, 15) is 4.79 Å². The van der Waals surface area contributed by atoms with Gasteiger partial charge in [-0.2, -0.15) is 0 Å². The Hall–Kier alpha value is 0.300. The Kier molecular flexibility index (Phi) is 3.90. The lowest BCUT2D eigenvalue weighted by Crippen LogP contribution is -1.77. The van der Waals surface area contributed by atoms with Gasteiger partial charge in [0.05, 0.1) is 0 Å². The van der Waals surface area contributed by atoms with E-state index >= 15 is 0 Å². The molecule has 0 aromatic heterocycles. The fourth-order valence-electron chi connectivity index (χ4n) is 0.644. The lowest BCUT2D eigenvalue weighted by molar-refractivity contribution is 0.276. The van der Waals surface area contributed by atoms with Crippen LogP contribution in [0.25, 0.3) is 0 Å². The van der Waals surface area contributed by atoms with Gasteiger partial charge >= 0.3 is 0 Å². The fraction of sp³-hybridized carbons (Fsp3) is 0. The maximum Gasteiger partial charge on any atom is 0.284 e. The molecule has 0 fully saturated rings. The van der Waals surface area contributed by atoms with Crippen LogP contribution in [0.5, 0.6) is 0 Å². The van der Waals surface area contributed by atoms with Crippen LogP contribution in [0.1, 0.15) is 0 Å². The predicted molar refractivity (Wildman–Crippen MR) is 56.3 cm³/mol. The average Bonchev–Trinajstić information content (AvgIpc) is 1.94. The second-order valence-electron chi connectivity index (χ2n) is 1.91. The van der Waals surface area contributed by atoms with E-state index < -0.39 is 4.57 Å². The van der Waals surface area contributed by atoms with Gasteiger partial charge in [-0.3, -0.25) is 4.79 Å². The van der Waals surface area contributed by atoms with Crippen LogP contribution in [0, 0.1) is 0 Å². The van der Waals surface area contributed by atoms with E-state index in [0.717, 1.165) is 21.1 Å². The van der Waals surface area contributed by atoms with Crippen molar-refractivity contribution >= 4 is 55.5 Å². The lowest BCUT2D eigenvalue weighted by atomic mass is 10.4. The second kappa shape index (κ2) is 4.51. The summed E-state index contributed by atoms with van der Waals surface area (Å²) in [6, 6.07) is 5.15. The van der Waals surface area contributed by atoms with Gasteiger partial charge in [0, 0.05) is 14.4 Å². The molecule has 0 radical (unpaired) electrons. The van der Waals surface area contributed by atoms with Crippen LogP contribution in [0.4, 0.5) is 4.79 Å². The molecule has 0 aliphatic carbocycles. The maximum atomic E-state index is 10.5. The van der Waals surface area contributed by atoms with Crippen molar-refractivity contribution in [3.63, 3.8) is 0 Å². The molecule has 1 rings (SSSR count). The van der Waals surface area contributed by atoms with Crippen molar-refractivity contribution in [3.05, 3.63) is 27.7 Å². The third-order valence-electron chi connectivity index (χ3n) is 1.08. The SMILES string of the molecule is O=C(Cl)Sc1ccc(Cl)cc1Br. The first-order valence-corrected chi connectivity index (χ1v) is 5.28. The number of benzene rings is 1. The molecular weight excluding hydrogens is 283 g/mol. The normalized spacial score (nSPS) is 9.92. The molecule has 1 aromatic carbocycles. The highest BCUT2D eigenvalue weighted by Crippen LogP contribution is 2.31. The second-order valence-corrected chi connectivity index (χ2v) is 4.79. The van der Waals surface area contributed by atoms with E-state index in [2.05, 4.69) is 15.9 Å². The molecule has 0 unspecified atom stereocenters. The molecule has 1 aromatic rings. The zero-order valence-corrected chi connectivity index (χ0v) is 9.60. The van der Waals surface area contributed by atoms with E-state index in [-0.39, 0.29) is 0 Å². The van der Waals surface area contributed by atoms with Crippen molar-refractivity contribution < 1.29 is 4.79 Å². The molecule has 0 spiro atoms. The molecule has 1 nitrogen and oxygen atoms in total. The van der Waals surface area contributed by atoms with Crippen molar-refractivity contribution in [3.8, 4) is 0 Å². The fourth-order valence-corrected chi connectivity index (χ4v) is 2.28. The summed E-state index contributed by atoms with van der Waals surface area (Å²) in [6.07, 6.45) is 0. The number of hydrogen-bond acceptors (Lipinski definition) is 2. The molecule has 0 saturated heterocycles. The molecule has 0 atom stereocenters. The first kappa shape index (κ1) is 10.4. The summed E-state index contributed by atoms with van der Waals surface area (Å²) in [6.45, 7) is 0. The van der Waals surface area contributed by atoms with E-state index in [4.69, 9.17) is 23.2 Å². The van der Waals surface area contributed by atoms with Crippen molar-refractivity contribution in [1.82, 2.24) is 0 Å². The largest absolute Gasteiger partial charge is 0.284 e. The van der Waals surface area contributed by atoms with Crippen LogP contribution in [-0.2, 0) is 0 Å². The summed E-state index contributed by atoms with van der Waals surface area (Å²) < 4.78 is 0.312. The summed E-state index contributed by atoms with van der Waals surface area (Å²) in [7, 11) is 0. The van der Waals surface area contributed by atoms with Gasteiger partial charge in [-0.25, -0.2) is 0 Å². The number of carbonyl (C=O) groups excluding carboxylic acids is 1. The highest BCUT2D eigenvalue weighted by atomic mass is 79.9. The molecule has 0 amide bonds. The Balaban J connectivity index is 2.93. The Morgan fingerprint density at radius 3 is 2.67 bits per heavy atom. The summed E-state index contributed by atoms with van der Waals surface area (Å²) in [5.74, 6) is 0. The highest BCUT2D eigenvalue weighted by Gasteiger charge is 2.04. The molecule has 0 bridgehead atoms. The molecule has 0 aliphatic rings. The first-order valence-electron chi connectivity index (χ1n) is 2.92. The molecular formula is C7H3BrCl2OS. The first-order chi connectivity index (χ1) is 5.59. The van der Waals surface area contributed by atoms with Crippen LogP contribution in [0.2, 0.25) is 5.02 Å². The van der Waals surface area contributed by atoms with Gasteiger partial charge in [-0.05, 0) is 57.5 Å². The minimum atomic E-state index is -0.460. The van der Waals surface area contributed by atoms with Gasteiger partial charge in [0.2, 0.25) is 0 Å². The Labute approximate surface area is 92.6 Å². The highest BCUT2D eigenvalue weighted by molar-refractivity contribution is 9.10. The zero-order valence-electron chi connectivity index (χ0n) is 5.68. The molecule has 0 N–H and O–H groups in total. The number of rotatable bonds is 1. The maximum absolute atomic E-state index is 10.5. The van der Waals surface area contributed by atoms with E-state index in [1.807, 2.05) is 0 Å². The van der Waals surface area contributed by atoms with Crippen LogP contribution in [-0.4, -0.2) is 4.57 Å². The smallest absolute Gasteiger partial charge is 0.268 e. The molecule has 0 aliphatic heterocycles. The Morgan fingerprint density at radius 2 is 2.17 bits per heavy atom. The Morgan fingerprint density at radius 1 is 1.50 bits per heavy atom. The van der Waals surface area contributed by atoms with Gasteiger partial charge in [0.15, 0.2) is 0 Å². The number of halogens is 3. The third-order valence-corrected chi connectivity index (χ3v) is 3.21. The average molecular weight is 286 g/mol. The molecule has 5 heteroatoms. The minimum absolute atomic E-state index is 0.460. The van der Waals surface area contributed by atoms with E-state index in [0.29, 0.717) is 5.02 Å². The number of carbonyl (C=O) groups is 1. The van der Waals surface area contributed by atoms with Crippen LogP contribution >= 0.6 is 50.9 Å². The summed E-state index contributed by atoms with van der Waals surface area (Å²) in [5, 5.41) is 0.619. The predicted octanol–water partition coefficient (Wildman–Crippen LogP) is 4.55. The zero-order chi connectivity index (χ0) is 9.14. The third kappa shape index (κ3) is 2.98. The van der Waals surface area contributed by atoms with Crippen molar-refractivity contribution in [2.45, 2.75) is 4.90 Å². The summed E-state index contributed by atoms with van der Waals surface area (Å²) in [4.78, 5) is 11.3. The summed E-state index contributed by atoms with van der Waals surface area (Å²) in [5.41, 5.74) is 0. The van der Waals surface area contributed by atoms with Gasteiger partial charge in [-0.15, -0.1) is 0 Å². The number of thioether (sulfide) groups is 1. The Bertz CT molecular complexity index is 316. The monoisotopic (exact) mass is 284 g/mol. The van der Waals surface area contributed by atoms with E-state index in [1.165, 1.54) is 0 Å². The van der Waals surface area contributed by atoms with Gasteiger partial charge < -0.3 is 0 Å². The van der Waals surface area contributed by atoms with Crippen molar-refractivity contribution in [2.75, 3.05) is 0 Å². The van der Waals surface area contributed by atoms with E-state index in [1.54, 1.807) is 18.2 Å². The molecule has 0 saturated carbocycles. The molecule has 64 valence electrons. The molecule has 0 heterocycles. The van der Waals surface area contributed by atoms with Crippen LogP contribution < -0.4 is 0 Å². The topological polar surface area (TPSA) is 17.1 Å². The van der Waals surface area contributed by atoms with Gasteiger partial charge in [0.1, 0.15) is 0 Å². The van der Waals surface area contributed by atoms with Gasteiger partial charge in [-0.1, -0.05) is 11.6 Å². The molecule has 12 heavy (non-hydrogen) atoms. The quantitative estimate of drug-likeness (QED) is 0.556. The van der Waals surface area contributed by atoms with Crippen molar-refractivity contribution in [1.29, 1.82) is 0 Å². The number of hydrogen-bond donors (Lipinski definition) is 0. The standard InChI is InChI=1S/C7H3BrCl2OS/c8-5-3-4(9)1-2-6(5)12-7(10)11/h1-3H. The van der Waals surface area contributed by atoms with Gasteiger partial charge in [0.25, 0.3) is 4.57 Å². The van der Waals surface area contributed by atoms with Crippen LogP contribution in [0.3, 0.4) is 0 Å². The minimum Gasteiger partial charge on any atom is -0.268 e. The lowest BCUT2D eigenvalue weighted by Gasteiger charge is -1.99.